The van der Waals surface area contributed by atoms with Gasteiger partial charge in [-0.1, -0.05) is 32.9 Å². The highest BCUT2D eigenvalue weighted by atomic mass is 28.4. The molecule has 1 aromatic carbocycles. The predicted octanol–water partition coefficient (Wildman–Crippen LogP) is 5.35. The van der Waals surface area contributed by atoms with Crippen LogP contribution < -0.4 is 5.73 Å². The van der Waals surface area contributed by atoms with Gasteiger partial charge in [0.25, 0.3) is 5.92 Å². The lowest BCUT2D eigenvalue weighted by Gasteiger charge is -2.40. The highest BCUT2D eigenvalue weighted by molar-refractivity contribution is 6.74. The van der Waals surface area contributed by atoms with Gasteiger partial charge >= 0.3 is 0 Å². The summed E-state index contributed by atoms with van der Waals surface area (Å²) in [7, 11) is -2.39. The molecule has 1 rings (SSSR count). The van der Waals surface area contributed by atoms with E-state index < -0.39 is 37.8 Å². The molecule has 0 aliphatic carbocycles. The summed E-state index contributed by atoms with van der Waals surface area (Å²) in [4.78, 5) is 0. The van der Waals surface area contributed by atoms with Gasteiger partial charge in [-0.3, -0.25) is 0 Å². The normalized spacial score (nSPS) is 16.3. The van der Waals surface area contributed by atoms with E-state index in [1.807, 2.05) is 33.9 Å². The molecule has 0 spiro atoms. The Labute approximate surface area is 138 Å². The van der Waals surface area contributed by atoms with E-state index in [1.54, 1.807) is 6.92 Å². The number of halogens is 3. The highest BCUT2D eigenvalue weighted by Gasteiger charge is 2.47. The Morgan fingerprint density at radius 2 is 1.65 bits per heavy atom. The van der Waals surface area contributed by atoms with E-state index in [0.29, 0.717) is 0 Å². The molecule has 0 aliphatic rings. The third-order valence-electron chi connectivity index (χ3n) is 4.67. The van der Waals surface area contributed by atoms with E-state index in [0.717, 1.165) is 6.07 Å². The van der Waals surface area contributed by atoms with Gasteiger partial charge in [0, 0.05) is 11.6 Å². The van der Waals surface area contributed by atoms with Crippen molar-refractivity contribution in [3.8, 4) is 0 Å². The van der Waals surface area contributed by atoms with Crippen LogP contribution in [0.3, 0.4) is 0 Å². The number of hydrogen-bond donors (Lipinski definition) is 1. The van der Waals surface area contributed by atoms with Crippen LogP contribution in [0.4, 0.5) is 13.2 Å². The summed E-state index contributed by atoms with van der Waals surface area (Å²) in [5.41, 5.74) is 5.08. The lowest BCUT2D eigenvalue weighted by molar-refractivity contribution is -0.102. The molecule has 1 aromatic rings. The minimum Gasteiger partial charge on any atom is -0.408 e. The van der Waals surface area contributed by atoms with Gasteiger partial charge in [-0.05, 0) is 38.0 Å². The molecule has 0 fully saturated rings. The first-order chi connectivity index (χ1) is 10.2. The average molecular weight is 347 g/mol. The first kappa shape index (κ1) is 20.2. The molecule has 0 saturated heterocycles. The molecule has 0 radical (unpaired) electrons. The van der Waals surface area contributed by atoms with Crippen molar-refractivity contribution in [2.24, 2.45) is 5.73 Å². The van der Waals surface area contributed by atoms with Gasteiger partial charge in [0.15, 0.2) is 8.32 Å². The van der Waals surface area contributed by atoms with Gasteiger partial charge in [-0.15, -0.1) is 0 Å². The fourth-order valence-corrected chi connectivity index (χ4v) is 3.46. The maximum atomic E-state index is 14.8. The first-order valence-electron chi connectivity index (χ1n) is 7.82. The zero-order valence-electron chi connectivity index (χ0n) is 15.0. The molecule has 6 heteroatoms. The second-order valence-corrected chi connectivity index (χ2v) is 12.4. The van der Waals surface area contributed by atoms with Crippen molar-refractivity contribution < 1.29 is 17.6 Å². The standard InChI is InChI=1S/C17H28F3NOSi/c1-11(21)13-9-8-10-14(15(13)18)17(19,20)12(2)22-23(6,7)16(3,4)5/h8-12H,21H2,1-7H3/t11-,12?/m1/s1. The van der Waals surface area contributed by atoms with Crippen LogP contribution in [0.2, 0.25) is 18.1 Å². The van der Waals surface area contributed by atoms with Gasteiger partial charge in [0.05, 0.1) is 5.56 Å². The van der Waals surface area contributed by atoms with E-state index in [-0.39, 0.29) is 10.6 Å². The minimum atomic E-state index is -3.43. The molecule has 23 heavy (non-hydrogen) atoms. The fraction of sp³-hybridized carbons (Fsp3) is 0.647. The quantitative estimate of drug-likeness (QED) is 0.729. The topological polar surface area (TPSA) is 35.2 Å². The Balaban J connectivity index is 3.19. The Morgan fingerprint density at radius 1 is 1.13 bits per heavy atom. The number of alkyl halides is 2. The Morgan fingerprint density at radius 3 is 2.09 bits per heavy atom. The summed E-state index contributed by atoms with van der Waals surface area (Å²) in [5.74, 6) is -4.37. The Bertz CT molecular complexity index is 553. The van der Waals surface area contributed by atoms with Gasteiger partial charge in [-0.25, -0.2) is 4.39 Å². The van der Waals surface area contributed by atoms with Crippen molar-refractivity contribution in [3.63, 3.8) is 0 Å². The van der Waals surface area contributed by atoms with E-state index in [9.17, 15) is 13.2 Å². The minimum absolute atomic E-state index is 0.0849. The van der Waals surface area contributed by atoms with Crippen molar-refractivity contribution in [3.05, 3.63) is 35.1 Å². The molecule has 0 aliphatic heterocycles. The largest absolute Gasteiger partial charge is 0.408 e. The second kappa shape index (κ2) is 6.57. The van der Waals surface area contributed by atoms with E-state index in [4.69, 9.17) is 10.2 Å². The molecule has 1 unspecified atom stereocenters. The van der Waals surface area contributed by atoms with Crippen LogP contribution in [0.5, 0.6) is 0 Å². The molecule has 2 nitrogen and oxygen atoms in total. The summed E-state index contributed by atoms with van der Waals surface area (Å²) in [6, 6.07) is 3.29. The van der Waals surface area contributed by atoms with Crippen LogP contribution >= 0.6 is 0 Å². The molecule has 0 bridgehead atoms. The van der Waals surface area contributed by atoms with Gasteiger partial charge in [-0.2, -0.15) is 8.78 Å². The molecular formula is C17H28F3NOSi. The Kier molecular flexibility index (Phi) is 5.77. The number of hydrogen-bond acceptors (Lipinski definition) is 2. The molecule has 2 atom stereocenters. The van der Waals surface area contributed by atoms with Crippen LogP contribution in [0.1, 0.15) is 51.8 Å². The van der Waals surface area contributed by atoms with Crippen LogP contribution in [0, 0.1) is 5.82 Å². The summed E-state index contributed by atoms with van der Waals surface area (Å²) in [6.45, 7) is 12.6. The summed E-state index contributed by atoms with van der Waals surface area (Å²) < 4.78 is 49.8. The van der Waals surface area contributed by atoms with E-state index in [1.165, 1.54) is 19.1 Å². The zero-order valence-corrected chi connectivity index (χ0v) is 16.0. The average Bonchev–Trinajstić information content (AvgIpc) is 2.36. The van der Waals surface area contributed by atoms with E-state index >= 15 is 0 Å². The maximum Gasteiger partial charge on any atom is 0.300 e. The molecule has 0 amide bonds. The van der Waals surface area contributed by atoms with Crippen LogP contribution in [0.25, 0.3) is 0 Å². The van der Waals surface area contributed by atoms with E-state index in [2.05, 4.69) is 0 Å². The zero-order chi connectivity index (χ0) is 18.2. The summed E-state index contributed by atoms with van der Waals surface area (Å²) in [6.07, 6.45) is -1.42. The van der Waals surface area contributed by atoms with Crippen molar-refractivity contribution in [1.82, 2.24) is 0 Å². The molecule has 0 heterocycles. The predicted molar refractivity (Wildman–Crippen MR) is 90.6 cm³/mol. The maximum absolute atomic E-state index is 14.8. The monoisotopic (exact) mass is 347 g/mol. The molecule has 0 saturated carbocycles. The third kappa shape index (κ3) is 4.16. The fourth-order valence-electron chi connectivity index (χ4n) is 2.07. The highest BCUT2D eigenvalue weighted by Crippen LogP contribution is 2.42. The van der Waals surface area contributed by atoms with Crippen molar-refractivity contribution in [1.29, 1.82) is 0 Å². The third-order valence-corrected chi connectivity index (χ3v) is 9.22. The van der Waals surface area contributed by atoms with Gasteiger partial charge in [0.1, 0.15) is 11.9 Å². The SMILES string of the molecule is CC(O[Si](C)(C)C(C)(C)C)C(F)(F)c1cccc([C@@H](C)N)c1F. The van der Waals surface area contributed by atoms with Crippen molar-refractivity contribution >= 4 is 8.32 Å². The number of benzene rings is 1. The van der Waals surface area contributed by atoms with Crippen molar-refractivity contribution in [2.45, 2.75) is 70.8 Å². The van der Waals surface area contributed by atoms with Crippen LogP contribution in [0.15, 0.2) is 18.2 Å². The second-order valence-electron chi connectivity index (χ2n) is 7.64. The molecular weight excluding hydrogens is 319 g/mol. The lowest BCUT2D eigenvalue weighted by Crippen LogP contribution is -2.47. The summed E-state index contributed by atoms with van der Waals surface area (Å²) in [5, 5.41) is -0.205. The van der Waals surface area contributed by atoms with Crippen LogP contribution in [-0.2, 0) is 10.3 Å². The van der Waals surface area contributed by atoms with Gasteiger partial charge < -0.3 is 10.2 Å². The smallest absolute Gasteiger partial charge is 0.300 e. The lowest BCUT2D eigenvalue weighted by atomic mass is 9.98. The molecule has 132 valence electrons. The molecule has 0 aromatic heterocycles. The molecule has 2 N–H and O–H groups in total. The summed E-state index contributed by atoms with van der Waals surface area (Å²) >= 11 is 0. The van der Waals surface area contributed by atoms with Crippen molar-refractivity contribution in [2.75, 3.05) is 0 Å². The van der Waals surface area contributed by atoms with Gasteiger partial charge in [0.2, 0.25) is 0 Å². The van der Waals surface area contributed by atoms with Crippen LogP contribution in [-0.4, -0.2) is 14.4 Å². The number of nitrogens with two attached hydrogens (primary N) is 1. The number of rotatable bonds is 5. The first-order valence-corrected chi connectivity index (χ1v) is 10.7. The Hall–Kier alpha value is -0.853.